The van der Waals surface area contributed by atoms with Crippen LogP contribution in [0.25, 0.3) is 0 Å². The van der Waals surface area contributed by atoms with Gasteiger partial charge in [0.15, 0.2) is 5.96 Å². The highest BCUT2D eigenvalue weighted by Crippen LogP contribution is 2.29. The Morgan fingerprint density at radius 1 is 1.16 bits per heavy atom. The number of benzene rings is 1. The van der Waals surface area contributed by atoms with Crippen LogP contribution in [0.3, 0.4) is 0 Å². The lowest BCUT2D eigenvalue weighted by Gasteiger charge is -2.37. The van der Waals surface area contributed by atoms with Crippen molar-refractivity contribution in [1.82, 2.24) is 4.90 Å². The lowest BCUT2D eigenvalue weighted by molar-refractivity contribution is 0.252. The van der Waals surface area contributed by atoms with Crippen molar-refractivity contribution in [3.8, 4) is 5.75 Å². The fourth-order valence-corrected chi connectivity index (χ4v) is 3.97. The van der Waals surface area contributed by atoms with Gasteiger partial charge in [-0.15, -0.1) is 0 Å². The number of piperidine rings is 1. The molecule has 0 bridgehead atoms. The number of hydrogen-bond acceptors (Lipinski definition) is 2. The highest BCUT2D eigenvalue weighted by molar-refractivity contribution is 5.95. The number of halogens is 1. The number of nitrogens with one attached hydrogen (secondary N) is 1. The lowest BCUT2D eigenvalue weighted by atomic mass is 9.86. The van der Waals surface area contributed by atoms with Gasteiger partial charge < -0.3 is 15.3 Å². The fourth-order valence-electron chi connectivity index (χ4n) is 3.97. The largest absolute Gasteiger partial charge is 0.506 e. The van der Waals surface area contributed by atoms with E-state index in [-0.39, 0.29) is 11.6 Å². The predicted molar refractivity (Wildman–Crippen MR) is 101 cm³/mol. The van der Waals surface area contributed by atoms with Crippen LogP contribution in [-0.2, 0) is 0 Å². The van der Waals surface area contributed by atoms with E-state index in [1.165, 1.54) is 43.9 Å². The van der Waals surface area contributed by atoms with Gasteiger partial charge in [-0.2, -0.15) is 0 Å². The van der Waals surface area contributed by atoms with Gasteiger partial charge in [0.1, 0.15) is 11.6 Å². The molecule has 3 atom stereocenters. The molecule has 1 saturated heterocycles. The molecule has 1 saturated carbocycles. The molecule has 4 nitrogen and oxygen atoms in total. The molecule has 3 unspecified atom stereocenters. The van der Waals surface area contributed by atoms with E-state index in [0.29, 0.717) is 23.7 Å². The molecule has 3 rings (SSSR count). The Bertz CT molecular complexity index is 619. The molecule has 1 aromatic carbocycles. The summed E-state index contributed by atoms with van der Waals surface area (Å²) in [5.74, 6) is 1.03. The molecule has 2 fully saturated rings. The number of anilines is 1. The first-order chi connectivity index (χ1) is 12.0. The molecule has 2 aliphatic rings. The Balaban J connectivity index is 1.89. The van der Waals surface area contributed by atoms with Gasteiger partial charge in [0.2, 0.25) is 0 Å². The van der Waals surface area contributed by atoms with E-state index in [9.17, 15) is 9.50 Å². The van der Waals surface area contributed by atoms with Gasteiger partial charge in [0, 0.05) is 18.7 Å². The highest BCUT2D eigenvalue weighted by Gasteiger charge is 2.26. The Morgan fingerprint density at radius 2 is 1.92 bits per heavy atom. The second-order valence-electron chi connectivity index (χ2n) is 7.61. The standard InChI is InChI=1S/C20H30FN3O/c1-14-7-3-4-9-17(14)22-20(24-12-6-5-8-15(24)2)23-18-13-16(21)10-11-19(18)25/h10-11,13-15,17,25H,3-9,12H2,1-2H3,(H,22,23). The maximum absolute atomic E-state index is 13.6. The van der Waals surface area contributed by atoms with Crippen molar-refractivity contribution in [2.45, 2.75) is 70.9 Å². The summed E-state index contributed by atoms with van der Waals surface area (Å²) in [6, 6.07) is 4.68. The van der Waals surface area contributed by atoms with E-state index in [1.807, 2.05) is 0 Å². The van der Waals surface area contributed by atoms with E-state index >= 15 is 0 Å². The van der Waals surface area contributed by atoms with Crippen molar-refractivity contribution >= 4 is 11.6 Å². The monoisotopic (exact) mass is 347 g/mol. The van der Waals surface area contributed by atoms with Crippen molar-refractivity contribution in [1.29, 1.82) is 0 Å². The Labute approximate surface area is 150 Å². The quantitative estimate of drug-likeness (QED) is 0.461. The van der Waals surface area contributed by atoms with E-state index in [1.54, 1.807) is 0 Å². The zero-order chi connectivity index (χ0) is 17.8. The summed E-state index contributed by atoms with van der Waals surface area (Å²) in [5.41, 5.74) is 0.389. The van der Waals surface area contributed by atoms with Gasteiger partial charge >= 0.3 is 0 Å². The minimum atomic E-state index is -0.364. The smallest absolute Gasteiger partial charge is 0.199 e. The molecule has 0 radical (unpaired) electrons. The highest BCUT2D eigenvalue weighted by atomic mass is 19.1. The molecular weight excluding hydrogens is 317 g/mol. The van der Waals surface area contributed by atoms with Gasteiger partial charge in [0.25, 0.3) is 0 Å². The normalized spacial score (nSPS) is 28.0. The van der Waals surface area contributed by atoms with Crippen LogP contribution in [0.2, 0.25) is 0 Å². The summed E-state index contributed by atoms with van der Waals surface area (Å²) in [6.45, 7) is 5.43. The van der Waals surface area contributed by atoms with Gasteiger partial charge in [-0.25, -0.2) is 9.38 Å². The minimum absolute atomic E-state index is 0.0513. The lowest BCUT2D eigenvalue weighted by Crippen LogP contribution is -2.46. The summed E-state index contributed by atoms with van der Waals surface area (Å²) in [7, 11) is 0. The van der Waals surface area contributed by atoms with E-state index in [0.717, 1.165) is 31.8 Å². The van der Waals surface area contributed by atoms with Crippen LogP contribution in [0.4, 0.5) is 10.1 Å². The Morgan fingerprint density at radius 3 is 2.68 bits per heavy atom. The average molecular weight is 347 g/mol. The summed E-state index contributed by atoms with van der Waals surface area (Å²) < 4.78 is 13.6. The van der Waals surface area contributed by atoms with Crippen LogP contribution in [0, 0.1) is 11.7 Å². The number of aromatic hydroxyl groups is 1. The van der Waals surface area contributed by atoms with Crippen LogP contribution in [0.15, 0.2) is 23.2 Å². The number of likely N-dealkylation sites (tertiary alicyclic amines) is 1. The number of phenols is 1. The molecule has 1 aliphatic carbocycles. The van der Waals surface area contributed by atoms with E-state index in [2.05, 4.69) is 24.1 Å². The third-order valence-electron chi connectivity index (χ3n) is 5.63. The third kappa shape index (κ3) is 4.44. The third-order valence-corrected chi connectivity index (χ3v) is 5.63. The van der Waals surface area contributed by atoms with Crippen molar-refractivity contribution in [2.24, 2.45) is 10.9 Å². The number of nitrogens with zero attached hydrogens (tertiary/aromatic N) is 2. The fraction of sp³-hybridized carbons (Fsp3) is 0.650. The van der Waals surface area contributed by atoms with Gasteiger partial charge in [0.05, 0.1) is 11.7 Å². The average Bonchev–Trinajstić information content (AvgIpc) is 2.60. The molecule has 1 aromatic rings. The second-order valence-corrected chi connectivity index (χ2v) is 7.61. The van der Waals surface area contributed by atoms with Gasteiger partial charge in [-0.1, -0.05) is 19.8 Å². The van der Waals surface area contributed by atoms with Crippen LogP contribution in [-0.4, -0.2) is 34.6 Å². The first-order valence-corrected chi connectivity index (χ1v) is 9.64. The summed E-state index contributed by atoms with van der Waals surface area (Å²) >= 11 is 0. The van der Waals surface area contributed by atoms with Crippen LogP contribution in [0.5, 0.6) is 5.75 Å². The zero-order valence-electron chi connectivity index (χ0n) is 15.3. The molecule has 25 heavy (non-hydrogen) atoms. The van der Waals surface area contributed by atoms with Crippen LogP contribution in [0.1, 0.15) is 58.8 Å². The van der Waals surface area contributed by atoms with Crippen molar-refractivity contribution in [3.63, 3.8) is 0 Å². The molecular formula is C20H30FN3O. The first kappa shape index (κ1) is 18.0. The number of rotatable bonds is 2. The maximum Gasteiger partial charge on any atom is 0.199 e. The number of guanidine groups is 1. The zero-order valence-corrected chi connectivity index (χ0v) is 15.3. The Kier molecular flexibility index (Phi) is 5.82. The number of aliphatic imine (C=N–C) groups is 1. The molecule has 2 N–H and O–H groups in total. The van der Waals surface area contributed by atoms with Gasteiger partial charge in [-0.05, 0) is 57.1 Å². The molecule has 5 heteroatoms. The van der Waals surface area contributed by atoms with E-state index < -0.39 is 0 Å². The molecule has 1 aliphatic heterocycles. The first-order valence-electron chi connectivity index (χ1n) is 9.64. The Hall–Kier alpha value is -1.78. The van der Waals surface area contributed by atoms with Crippen LogP contribution < -0.4 is 5.32 Å². The topological polar surface area (TPSA) is 47.9 Å². The van der Waals surface area contributed by atoms with Crippen molar-refractivity contribution in [3.05, 3.63) is 24.0 Å². The molecule has 0 amide bonds. The SMILES string of the molecule is CC1CCCCC1N=C(Nc1cc(F)ccc1O)N1CCCCC1C. The summed E-state index contributed by atoms with van der Waals surface area (Å²) in [6.07, 6.45) is 8.31. The summed E-state index contributed by atoms with van der Waals surface area (Å²) in [4.78, 5) is 7.34. The second kappa shape index (κ2) is 8.07. The number of hydrogen-bond donors (Lipinski definition) is 2. The minimum Gasteiger partial charge on any atom is -0.506 e. The van der Waals surface area contributed by atoms with Crippen LogP contribution >= 0.6 is 0 Å². The maximum atomic E-state index is 13.6. The van der Waals surface area contributed by atoms with Crippen molar-refractivity contribution in [2.75, 3.05) is 11.9 Å². The molecule has 0 aromatic heterocycles. The van der Waals surface area contributed by atoms with Gasteiger partial charge in [-0.3, -0.25) is 0 Å². The van der Waals surface area contributed by atoms with E-state index in [4.69, 9.17) is 4.99 Å². The summed E-state index contributed by atoms with van der Waals surface area (Å²) in [5, 5.41) is 13.3. The number of phenolic OH excluding ortho intramolecular Hbond substituents is 1. The molecule has 1 heterocycles. The molecule has 138 valence electrons. The molecule has 0 spiro atoms. The predicted octanol–water partition coefficient (Wildman–Crippen LogP) is 4.75. The van der Waals surface area contributed by atoms with Crippen molar-refractivity contribution < 1.29 is 9.50 Å².